The van der Waals surface area contributed by atoms with E-state index in [9.17, 15) is 14.0 Å². The van der Waals surface area contributed by atoms with Crippen LogP contribution in [0.2, 0.25) is 0 Å². The lowest BCUT2D eigenvalue weighted by Gasteiger charge is -2.31. The van der Waals surface area contributed by atoms with Crippen LogP contribution in [0.3, 0.4) is 0 Å². The van der Waals surface area contributed by atoms with E-state index in [4.69, 9.17) is 9.84 Å². The minimum atomic E-state index is -1.54. The van der Waals surface area contributed by atoms with Gasteiger partial charge in [-0.2, -0.15) is 0 Å². The van der Waals surface area contributed by atoms with Crippen molar-refractivity contribution in [3.8, 4) is 0 Å². The van der Waals surface area contributed by atoms with Gasteiger partial charge in [0.15, 0.2) is 0 Å². The Kier molecular flexibility index (Phi) is 4.28. The third-order valence-corrected chi connectivity index (χ3v) is 2.44. The second-order valence-corrected chi connectivity index (χ2v) is 3.56. The summed E-state index contributed by atoms with van der Waals surface area (Å²) in [6, 6.07) is 0. The molecule has 0 bridgehead atoms. The number of nitrogens with zero attached hydrogens (tertiary/aromatic N) is 1. The fraction of sp³-hybridized carbons (Fsp3) is 0.600. The minimum Gasteiger partial charge on any atom is -0.481 e. The molecule has 0 saturated carbocycles. The average molecular weight is 231 g/mol. The van der Waals surface area contributed by atoms with E-state index in [-0.39, 0.29) is 26.1 Å². The zero-order valence-corrected chi connectivity index (χ0v) is 8.76. The first-order valence-electron chi connectivity index (χ1n) is 4.95. The monoisotopic (exact) mass is 231 g/mol. The van der Waals surface area contributed by atoms with Gasteiger partial charge in [0.05, 0.1) is 12.5 Å². The first-order valence-corrected chi connectivity index (χ1v) is 4.95. The van der Waals surface area contributed by atoms with Gasteiger partial charge in [-0.3, -0.25) is 4.79 Å². The molecule has 0 radical (unpaired) electrons. The zero-order valence-electron chi connectivity index (χ0n) is 8.76. The van der Waals surface area contributed by atoms with E-state index in [0.29, 0.717) is 0 Å². The molecular weight excluding hydrogens is 217 g/mol. The predicted octanol–water partition coefficient (Wildman–Crippen LogP) is 1.05. The van der Waals surface area contributed by atoms with Crippen molar-refractivity contribution in [2.24, 2.45) is 5.92 Å². The smallest absolute Gasteiger partial charge is 0.410 e. The highest BCUT2D eigenvalue weighted by Crippen LogP contribution is 2.21. The number of hydrogen-bond acceptors (Lipinski definition) is 3. The summed E-state index contributed by atoms with van der Waals surface area (Å²) < 4.78 is 18.1. The largest absolute Gasteiger partial charge is 0.481 e. The van der Waals surface area contributed by atoms with E-state index in [1.165, 1.54) is 11.0 Å². The fourth-order valence-corrected chi connectivity index (χ4v) is 1.57. The molecule has 1 aliphatic heterocycles. The van der Waals surface area contributed by atoms with Crippen LogP contribution in [0.4, 0.5) is 9.18 Å². The molecule has 5 nitrogen and oxygen atoms in total. The number of carboxylic acid groups (broad SMARTS) is 1. The Morgan fingerprint density at radius 1 is 1.62 bits per heavy atom. The van der Waals surface area contributed by atoms with E-state index in [1.54, 1.807) is 0 Å². The number of carbonyl (C=O) groups is 2. The molecule has 0 aromatic rings. The van der Waals surface area contributed by atoms with Crippen LogP contribution in [0.25, 0.3) is 0 Å². The quantitative estimate of drug-likeness (QED) is 0.737. The van der Waals surface area contributed by atoms with Gasteiger partial charge in [-0.1, -0.05) is 12.7 Å². The number of halogens is 1. The van der Waals surface area contributed by atoms with Gasteiger partial charge in [-0.15, -0.1) is 0 Å². The van der Waals surface area contributed by atoms with Gasteiger partial charge in [0, 0.05) is 6.54 Å². The lowest BCUT2D eigenvalue weighted by Crippen LogP contribution is -2.47. The third kappa shape index (κ3) is 2.95. The number of carbonyl (C=O) groups excluding carboxylic acids is 1. The minimum absolute atomic E-state index is 0.0641. The molecule has 0 unspecified atom stereocenters. The maximum Gasteiger partial charge on any atom is 0.410 e. The standard InChI is InChI=1S/C10H14FNO4/c1-2-5-16-10(15)12-4-3-7(9(13)14)8(11)6-12/h2,7-8H,1,3-6H2,(H,13,14)/t7-,8+/m1/s1. The predicted molar refractivity (Wildman–Crippen MR) is 53.8 cm³/mol. The summed E-state index contributed by atoms with van der Waals surface area (Å²) in [5.74, 6) is -2.19. The molecule has 6 heteroatoms. The highest BCUT2D eigenvalue weighted by molar-refractivity contribution is 5.72. The summed E-state index contributed by atoms with van der Waals surface area (Å²) >= 11 is 0. The Balaban J connectivity index is 2.47. The second kappa shape index (κ2) is 5.48. The van der Waals surface area contributed by atoms with E-state index in [0.717, 1.165) is 0 Å². The normalized spacial score (nSPS) is 24.9. The molecule has 1 amide bonds. The zero-order chi connectivity index (χ0) is 12.1. The van der Waals surface area contributed by atoms with E-state index < -0.39 is 24.2 Å². The van der Waals surface area contributed by atoms with E-state index in [2.05, 4.69) is 6.58 Å². The molecule has 2 atom stereocenters. The molecule has 1 rings (SSSR count). The molecule has 0 aromatic carbocycles. The molecule has 0 aromatic heterocycles. The summed E-state index contributed by atoms with van der Waals surface area (Å²) in [6.07, 6.45) is -0.650. The van der Waals surface area contributed by atoms with Gasteiger partial charge >= 0.3 is 12.1 Å². The Bertz CT molecular complexity index is 295. The molecule has 0 spiro atoms. The first-order chi connectivity index (χ1) is 7.56. The summed E-state index contributed by atoms with van der Waals surface area (Å²) in [5.41, 5.74) is 0. The van der Waals surface area contributed by atoms with Crippen LogP contribution >= 0.6 is 0 Å². The Morgan fingerprint density at radius 3 is 2.81 bits per heavy atom. The van der Waals surface area contributed by atoms with Crippen molar-refractivity contribution in [2.75, 3.05) is 19.7 Å². The van der Waals surface area contributed by atoms with Crippen molar-refractivity contribution in [1.82, 2.24) is 4.90 Å². The summed E-state index contributed by atoms with van der Waals surface area (Å²) in [7, 11) is 0. The van der Waals surface area contributed by atoms with Crippen molar-refractivity contribution in [1.29, 1.82) is 0 Å². The SMILES string of the molecule is C=CCOC(=O)N1CC[C@@H](C(=O)O)[C@@H](F)C1. The molecule has 1 heterocycles. The highest BCUT2D eigenvalue weighted by Gasteiger charge is 2.36. The van der Waals surface area contributed by atoms with Crippen LogP contribution in [-0.2, 0) is 9.53 Å². The number of amides is 1. The number of piperidine rings is 1. The summed E-state index contributed by atoms with van der Waals surface area (Å²) in [6.45, 7) is 3.42. The average Bonchev–Trinajstić information content (AvgIpc) is 2.25. The topological polar surface area (TPSA) is 66.8 Å². The maximum atomic E-state index is 13.4. The van der Waals surface area contributed by atoms with Crippen LogP contribution in [0.1, 0.15) is 6.42 Å². The number of carboxylic acids is 1. The number of alkyl halides is 1. The molecular formula is C10H14FNO4. The lowest BCUT2D eigenvalue weighted by atomic mass is 9.95. The second-order valence-electron chi connectivity index (χ2n) is 3.56. The molecule has 16 heavy (non-hydrogen) atoms. The first kappa shape index (κ1) is 12.5. The summed E-state index contributed by atoms with van der Waals surface area (Å²) in [4.78, 5) is 23.1. The molecule has 0 aliphatic carbocycles. The Morgan fingerprint density at radius 2 is 2.31 bits per heavy atom. The maximum absolute atomic E-state index is 13.4. The third-order valence-electron chi connectivity index (χ3n) is 2.44. The number of hydrogen-bond donors (Lipinski definition) is 1. The molecule has 90 valence electrons. The van der Waals surface area contributed by atoms with E-state index in [1.807, 2.05) is 0 Å². The molecule has 1 N–H and O–H groups in total. The van der Waals surface area contributed by atoms with Crippen molar-refractivity contribution in [2.45, 2.75) is 12.6 Å². The van der Waals surface area contributed by atoms with Gasteiger partial charge in [0.2, 0.25) is 0 Å². The van der Waals surface area contributed by atoms with Gasteiger partial charge < -0.3 is 14.7 Å². The van der Waals surface area contributed by atoms with Gasteiger partial charge in [-0.05, 0) is 6.42 Å². The van der Waals surface area contributed by atoms with Gasteiger partial charge in [0.1, 0.15) is 12.8 Å². The number of rotatable bonds is 3. The lowest BCUT2D eigenvalue weighted by molar-refractivity contribution is -0.146. The van der Waals surface area contributed by atoms with Crippen molar-refractivity contribution >= 4 is 12.1 Å². The molecule has 1 saturated heterocycles. The fourth-order valence-electron chi connectivity index (χ4n) is 1.57. The number of likely N-dealkylation sites (tertiary alicyclic amines) is 1. The van der Waals surface area contributed by atoms with E-state index >= 15 is 0 Å². The Hall–Kier alpha value is -1.59. The van der Waals surface area contributed by atoms with Crippen molar-refractivity contribution < 1.29 is 23.8 Å². The van der Waals surface area contributed by atoms with Crippen molar-refractivity contribution in [3.63, 3.8) is 0 Å². The summed E-state index contributed by atoms with van der Waals surface area (Å²) in [5, 5.41) is 8.69. The van der Waals surface area contributed by atoms with Crippen LogP contribution in [0.15, 0.2) is 12.7 Å². The Labute approximate surface area is 92.5 Å². The highest BCUT2D eigenvalue weighted by atomic mass is 19.1. The van der Waals surface area contributed by atoms with Crippen molar-refractivity contribution in [3.05, 3.63) is 12.7 Å². The molecule has 1 fully saturated rings. The van der Waals surface area contributed by atoms with Gasteiger partial charge in [0.25, 0.3) is 0 Å². The molecule has 1 aliphatic rings. The van der Waals surface area contributed by atoms with Crippen LogP contribution in [0.5, 0.6) is 0 Å². The van der Waals surface area contributed by atoms with Crippen LogP contribution < -0.4 is 0 Å². The number of aliphatic carboxylic acids is 1. The van der Waals surface area contributed by atoms with Crippen LogP contribution in [-0.4, -0.2) is 47.9 Å². The number of ether oxygens (including phenoxy) is 1. The van der Waals surface area contributed by atoms with Gasteiger partial charge in [-0.25, -0.2) is 9.18 Å². The van der Waals surface area contributed by atoms with Crippen LogP contribution in [0, 0.1) is 5.92 Å².